The molecule has 2 rings (SSSR count). The number of hydrogen-bond acceptors (Lipinski definition) is 3. The number of aromatic nitrogens is 2. The highest BCUT2D eigenvalue weighted by Crippen LogP contribution is 2.24. The standard InChI is InChI=1S/C14H17ClN4O/c1-3-12-10(8-19(2)18-12)7-17-13-6-9(14(16)20)4-5-11(13)15/h4-6,8,17H,3,7H2,1-2H3,(H2,16,20). The van der Waals surface area contributed by atoms with Crippen LogP contribution in [0.15, 0.2) is 24.4 Å². The molecule has 1 aromatic carbocycles. The topological polar surface area (TPSA) is 72.9 Å². The van der Waals surface area contributed by atoms with Gasteiger partial charge in [-0.25, -0.2) is 0 Å². The molecule has 1 heterocycles. The van der Waals surface area contributed by atoms with Gasteiger partial charge in [0.1, 0.15) is 0 Å². The number of halogens is 1. The van der Waals surface area contributed by atoms with E-state index in [1.54, 1.807) is 22.9 Å². The average molecular weight is 293 g/mol. The fourth-order valence-electron chi connectivity index (χ4n) is 2.03. The van der Waals surface area contributed by atoms with Crippen LogP contribution >= 0.6 is 11.6 Å². The number of aryl methyl sites for hydroxylation is 2. The molecule has 1 aromatic heterocycles. The molecule has 20 heavy (non-hydrogen) atoms. The van der Waals surface area contributed by atoms with Crippen LogP contribution in [0.3, 0.4) is 0 Å². The second kappa shape index (κ2) is 5.96. The Morgan fingerprint density at radius 2 is 2.25 bits per heavy atom. The molecule has 0 aliphatic heterocycles. The zero-order valence-corrected chi connectivity index (χ0v) is 12.2. The minimum atomic E-state index is -0.472. The quantitative estimate of drug-likeness (QED) is 0.888. The Morgan fingerprint density at radius 3 is 2.90 bits per heavy atom. The maximum atomic E-state index is 11.2. The molecule has 0 atom stereocenters. The van der Waals surface area contributed by atoms with Gasteiger partial charge in [0.05, 0.1) is 16.4 Å². The molecule has 106 valence electrons. The smallest absolute Gasteiger partial charge is 0.248 e. The summed E-state index contributed by atoms with van der Waals surface area (Å²) in [5.41, 5.74) is 8.53. The lowest BCUT2D eigenvalue weighted by molar-refractivity contribution is 0.100. The van der Waals surface area contributed by atoms with Crippen LogP contribution in [0.25, 0.3) is 0 Å². The number of hydrogen-bond donors (Lipinski definition) is 2. The van der Waals surface area contributed by atoms with E-state index in [9.17, 15) is 4.79 Å². The lowest BCUT2D eigenvalue weighted by Gasteiger charge is -2.09. The molecule has 0 saturated carbocycles. The summed E-state index contributed by atoms with van der Waals surface area (Å²) in [5, 5.41) is 8.15. The number of primary amides is 1. The van der Waals surface area contributed by atoms with E-state index in [2.05, 4.69) is 17.3 Å². The van der Waals surface area contributed by atoms with Crippen LogP contribution in [-0.4, -0.2) is 15.7 Å². The number of nitrogens with zero attached hydrogens (tertiary/aromatic N) is 2. The van der Waals surface area contributed by atoms with Crippen molar-refractivity contribution in [1.82, 2.24) is 9.78 Å². The molecule has 0 aliphatic rings. The third-order valence-electron chi connectivity index (χ3n) is 3.05. The van der Waals surface area contributed by atoms with Gasteiger partial charge >= 0.3 is 0 Å². The van der Waals surface area contributed by atoms with E-state index in [0.29, 0.717) is 22.8 Å². The van der Waals surface area contributed by atoms with Crippen molar-refractivity contribution in [3.63, 3.8) is 0 Å². The zero-order valence-electron chi connectivity index (χ0n) is 11.5. The highest BCUT2D eigenvalue weighted by Gasteiger charge is 2.09. The highest BCUT2D eigenvalue weighted by molar-refractivity contribution is 6.33. The van der Waals surface area contributed by atoms with Crippen molar-refractivity contribution in [3.8, 4) is 0 Å². The molecular weight excluding hydrogens is 276 g/mol. The molecule has 0 radical (unpaired) electrons. The largest absolute Gasteiger partial charge is 0.380 e. The van der Waals surface area contributed by atoms with Gasteiger partial charge in [-0.2, -0.15) is 5.10 Å². The first-order valence-corrected chi connectivity index (χ1v) is 6.73. The predicted octanol–water partition coefficient (Wildman–Crippen LogP) is 2.35. The van der Waals surface area contributed by atoms with Crippen LogP contribution in [0.1, 0.15) is 28.5 Å². The van der Waals surface area contributed by atoms with Crippen molar-refractivity contribution in [3.05, 3.63) is 46.2 Å². The Morgan fingerprint density at radius 1 is 1.50 bits per heavy atom. The van der Waals surface area contributed by atoms with E-state index in [1.165, 1.54) is 0 Å². The summed E-state index contributed by atoms with van der Waals surface area (Å²) in [4.78, 5) is 11.2. The third-order valence-corrected chi connectivity index (χ3v) is 3.38. The normalized spacial score (nSPS) is 10.6. The third kappa shape index (κ3) is 3.11. The number of carbonyl (C=O) groups is 1. The number of anilines is 1. The van der Waals surface area contributed by atoms with Gasteiger partial charge in [-0.1, -0.05) is 18.5 Å². The molecular formula is C14H17ClN4O. The average Bonchev–Trinajstić information content (AvgIpc) is 2.77. The van der Waals surface area contributed by atoms with Gasteiger partial charge in [0.25, 0.3) is 0 Å². The van der Waals surface area contributed by atoms with E-state index < -0.39 is 5.91 Å². The summed E-state index contributed by atoms with van der Waals surface area (Å²) in [5.74, 6) is -0.472. The number of amides is 1. The molecule has 0 unspecified atom stereocenters. The number of benzene rings is 1. The molecule has 0 bridgehead atoms. The van der Waals surface area contributed by atoms with E-state index >= 15 is 0 Å². The van der Waals surface area contributed by atoms with Crippen molar-refractivity contribution in [2.24, 2.45) is 12.8 Å². The van der Waals surface area contributed by atoms with Gasteiger partial charge in [0.2, 0.25) is 5.91 Å². The summed E-state index contributed by atoms with van der Waals surface area (Å²) in [6.07, 6.45) is 2.84. The molecule has 2 aromatic rings. The Balaban J connectivity index is 2.18. The van der Waals surface area contributed by atoms with Gasteiger partial charge in [0.15, 0.2) is 0 Å². The minimum absolute atomic E-state index is 0.429. The maximum Gasteiger partial charge on any atom is 0.248 e. The van der Waals surface area contributed by atoms with Crippen molar-refractivity contribution in [1.29, 1.82) is 0 Å². The molecule has 3 N–H and O–H groups in total. The maximum absolute atomic E-state index is 11.2. The molecule has 0 fully saturated rings. The second-order valence-corrected chi connectivity index (χ2v) is 4.95. The predicted molar refractivity (Wildman–Crippen MR) is 79.9 cm³/mol. The zero-order chi connectivity index (χ0) is 14.7. The van der Waals surface area contributed by atoms with Crippen LogP contribution in [0, 0.1) is 0 Å². The lowest BCUT2D eigenvalue weighted by Crippen LogP contribution is -2.11. The van der Waals surface area contributed by atoms with Crippen LogP contribution in [-0.2, 0) is 20.0 Å². The highest BCUT2D eigenvalue weighted by atomic mass is 35.5. The van der Waals surface area contributed by atoms with Gasteiger partial charge in [0, 0.05) is 30.9 Å². The number of nitrogens with two attached hydrogens (primary N) is 1. The van der Waals surface area contributed by atoms with Gasteiger partial charge in [-0.15, -0.1) is 0 Å². The number of carbonyl (C=O) groups excluding carboxylic acids is 1. The van der Waals surface area contributed by atoms with Crippen LogP contribution < -0.4 is 11.1 Å². The molecule has 0 spiro atoms. The SMILES string of the molecule is CCc1nn(C)cc1CNc1cc(C(N)=O)ccc1Cl. The summed E-state index contributed by atoms with van der Waals surface area (Å²) in [6, 6.07) is 4.93. The van der Waals surface area contributed by atoms with E-state index in [4.69, 9.17) is 17.3 Å². The Hall–Kier alpha value is -2.01. The van der Waals surface area contributed by atoms with E-state index in [0.717, 1.165) is 17.7 Å². The first-order chi connectivity index (χ1) is 9.51. The minimum Gasteiger partial charge on any atom is -0.380 e. The summed E-state index contributed by atoms with van der Waals surface area (Å²) in [7, 11) is 1.89. The fourth-order valence-corrected chi connectivity index (χ4v) is 2.22. The van der Waals surface area contributed by atoms with Gasteiger partial charge in [-0.3, -0.25) is 9.48 Å². The van der Waals surface area contributed by atoms with Gasteiger partial charge < -0.3 is 11.1 Å². The van der Waals surface area contributed by atoms with Crippen molar-refractivity contribution < 1.29 is 4.79 Å². The number of rotatable bonds is 5. The van der Waals surface area contributed by atoms with Crippen LogP contribution in [0.5, 0.6) is 0 Å². The molecule has 0 aliphatic carbocycles. The van der Waals surface area contributed by atoms with Crippen molar-refractivity contribution in [2.75, 3.05) is 5.32 Å². The Labute approximate surface area is 122 Å². The Bertz CT molecular complexity index is 636. The summed E-state index contributed by atoms with van der Waals surface area (Å²) >= 11 is 6.11. The first kappa shape index (κ1) is 14.4. The van der Waals surface area contributed by atoms with Crippen molar-refractivity contribution >= 4 is 23.2 Å². The van der Waals surface area contributed by atoms with Crippen LogP contribution in [0.4, 0.5) is 5.69 Å². The molecule has 5 nitrogen and oxygen atoms in total. The monoisotopic (exact) mass is 292 g/mol. The Kier molecular flexibility index (Phi) is 4.29. The summed E-state index contributed by atoms with van der Waals surface area (Å²) < 4.78 is 1.79. The summed E-state index contributed by atoms with van der Waals surface area (Å²) in [6.45, 7) is 2.66. The molecule has 1 amide bonds. The van der Waals surface area contributed by atoms with Gasteiger partial charge in [-0.05, 0) is 24.6 Å². The first-order valence-electron chi connectivity index (χ1n) is 6.36. The van der Waals surface area contributed by atoms with E-state index in [1.807, 2.05) is 13.2 Å². The van der Waals surface area contributed by atoms with Crippen LogP contribution in [0.2, 0.25) is 5.02 Å². The second-order valence-electron chi connectivity index (χ2n) is 4.54. The van der Waals surface area contributed by atoms with E-state index in [-0.39, 0.29) is 0 Å². The molecule has 0 saturated heterocycles. The van der Waals surface area contributed by atoms with Crippen molar-refractivity contribution in [2.45, 2.75) is 19.9 Å². The number of nitrogens with one attached hydrogen (secondary N) is 1. The molecule has 6 heteroatoms. The lowest BCUT2D eigenvalue weighted by atomic mass is 10.1. The fraction of sp³-hybridized carbons (Fsp3) is 0.286.